The van der Waals surface area contributed by atoms with Crippen LogP contribution in [0.4, 0.5) is 4.39 Å². The van der Waals surface area contributed by atoms with Crippen molar-refractivity contribution in [3.63, 3.8) is 0 Å². The summed E-state index contributed by atoms with van der Waals surface area (Å²) >= 11 is 5.88. The minimum atomic E-state index is -0.477. The normalized spacial score (nSPS) is 9.81. The van der Waals surface area contributed by atoms with Crippen LogP contribution in [-0.4, -0.2) is 9.97 Å². The van der Waals surface area contributed by atoms with Crippen LogP contribution in [-0.2, 0) is 0 Å². The molecule has 0 radical (unpaired) electrons. The zero-order valence-corrected chi connectivity index (χ0v) is 8.74. The van der Waals surface area contributed by atoms with Gasteiger partial charge in [-0.05, 0) is 12.1 Å². The number of hydrogen-bond donors (Lipinski definition) is 0. The van der Waals surface area contributed by atoms with Gasteiger partial charge in [-0.2, -0.15) is 5.26 Å². The molecule has 5 heteroatoms. The summed E-state index contributed by atoms with van der Waals surface area (Å²) in [7, 11) is 0. The van der Waals surface area contributed by atoms with Crippen LogP contribution in [0, 0.1) is 17.1 Å². The number of benzene rings is 1. The number of nitrogens with zero attached hydrogens (tertiary/aromatic N) is 3. The maximum absolute atomic E-state index is 13.5. The Hall–Kier alpha value is -1.99. The average molecular weight is 234 g/mol. The van der Waals surface area contributed by atoms with Gasteiger partial charge >= 0.3 is 0 Å². The van der Waals surface area contributed by atoms with Gasteiger partial charge in [0.2, 0.25) is 0 Å². The van der Waals surface area contributed by atoms with Gasteiger partial charge in [0.1, 0.15) is 23.9 Å². The molecule has 0 N–H and O–H groups in total. The van der Waals surface area contributed by atoms with Gasteiger partial charge in [0, 0.05) is 6.07 Å². The van der Waals surface area contributed by atoms with E-state index in [9.17, 15) is 4.39 Å². The first-order valence-electron chi connectivity index (χ1n) is 4.39. The van der Waals surface area contributed by atoms with Crippen LogP contribution in [0.2, 0.25) is 5.02 Å². The molecular weight excluding hydrogens is 229 g/mol. The summed E-state index contributed by atoms with van der Waals surface area (Å²) < 4.78 is 13.5. The summed E-state index contributed by atoms with van der Waals surface area (Å²) in [6, 6.07) is 7.61. The van der Waals surface area contributed by atoms with E-state index in [4.69, 9.17) is 16.9 Å². The van der Waals surface area contributed by atoms with Crippen LogP contribution in [0.5, 0.6) is 0 Å². The first kappa shape index (κ1) is 10.5. The highest BCUT2D eigenvalue weighted by Gasteiger charge is 2.11. The third kappa shape index (κ3) is 1.86. The minimum absolute atomic E-state index is 0.171. The maximum Gasteiger partial charge on any atom is 0.144 e. The molecule has 3 nitrogen and oxygen atoms in total. The van der Waals surface area contributed by atoms with E-state index >= 15 is 0 Å². The molecule has 78 valence electrons. The van der Waals surface area contributed by atoms with Crippen molar-refractivity contribution in [3.05, 3.63) is 47.1 Å². The molecule has 0 saturated carbocycles. The number of rotatable bonds is 1. The average Bonchev–Trinajstić information content (AvgIpc) is 2.29. The van der Waals surface area contributed by atoms with Crippen LogP contribution in [0.25, 0.3) is 11.3 Å². The summed E-state index contributed by atoms with van der Waals surface area (Å²) in [5.41, 5.74) is 0.655. The Bertz CT molecular complexity index is 557. The van der Waals surface area contributed by atoms with E-state index in [-0.39, 0.29) is 16.3 Å². The molecule has 0 unspecified atom stereocenters. The number of nitriles is 1. The maximum atomic E-state index is 13.5. The molecule has 1 aromatic carbocycles. The summed E-state index contributed by atoms with van der Waals surface area (Å²) in [6.45, 7) is 0. The van der Waals surface area contributed by atoms with Gasteiger partial charge in [-0.1, -0.05) is 17.7 Å². The van der Waals surface area contributed by atoms with E-state index in [1.165, 1.54) is 24.5 Å². The lowest BCUT2D eigenvalue weighted by atomic mass is 10.1. The zero-order valence-electron chi connectivity index (χ0n) is 7.98. The van der Waals surface area contributed by atoms with E-state index in [0.717, 1.165) is 0 Å². The molecule has 16 heavy (non-hydrogen) atoms. The van der Waals surface area contributed by atoms with Crippen molar-refractivity contribution in [1.29, 1.82) is 5.26 Å². The Labute approximate surface area is 96.2 Å². The lowest BCUT2D eigenvalue weighted by Gasteiger charge is -2.04. The van der Waals surface area contributed by atoms with Gasteiger partial charge in [0.25, 0.3) is 0 Å². The zero-order chi connectivity index (χ0) is 11.5. The van der Waals surface area contributed by atoms with E-state index < -0.39 is 5.82 Å². The number of halogens is 2. The summed E-state index contributed by atoms with van der Waals surface area (Å²) in [6.07, 6.45) is 1.21. The first-order valence-corrected chi connectivity index (χ1v) is 4.76. The number of aromatic nitrogens is 2. The van der Waals surface area contributed by atoms with Crippen molar-refractivity contribution in [2.75, 3.05) is 0 Å². The quantitative estimate of drug-likeness (QED) is 0.761. The molecule has 0 atom stereocenters. The second kappa shape index (κ2) is 4.25. The Balaban J connectivity index is 2.64. The summed E-state index contributed by atoms with van der Waals surface area (Å²) in [5, 5.41) is 8.93. The van der Waals surface area contributed by atoms with Gasteiger partial charge in [-0.3, -0.25) is 0 Å². The second-order valence-electron chi connectivity index (χ2n) is 3.00. The monoisotopic (exact) mass is 233 g/mol. The molecule has 0 aliphatic heterocycles. The fourth-order valence-corrected chi connectivity index (χ4v) is 1.56. The molecule has 0 bridgehead atoms. The number of hydrogen-bond acceptors (Lipinski definition) is 3. The predicted octanol–water partition coefficient (Wildman–Crippen LogP) is 2.81. The predicted molar refractivity (Wildman–Crippen MR) is 57.2 cm³/mol. The van der Waals surface area contributed by atoms with Crippen LogP contribution in [0.15, 0.2) is 30.6 Å². The Morgan fingerprint density at radius 1 is 1.31 bits per heavy atom. The van der Waals surface area contributed by atoms with E-state index in [0.29, 0.717) is 5.69 Å². The van der Waals surface area contributed by atoms with Crippen molar-refractivity contribution in [1.82, 2.24) is 9.97 Å². The summed E-state index contributed by atoms with van der Waals surface area (Å²) in [5.74, 6) is -0.477. The smallest absolute Gasteiger partial charge is 0.144 e. The second-order valence-corrected chi connectivity index (χ2v) is 3.40. The minimum Gasteiger partial charge on any atom is -0.236 e. The van der Waals surface area contributed by atoms with Gasteiger partial charge < -0.3 is 0 Å². The highest BCUT2D eigenvalue weighted by molar-refractivity contribution is 6.33. The molecule has 1 aromatic heterocycles. The van der Waals surface area contributed by atoms with Gasteiger partial charge in [0.15, 0.2) is 0 Å². The van der Waals surface area contributed by atoms with E-state index in [2.05, 4.69) is 9.97 Å². The molecule has 2 rings (SSSR count). The molecule has 0 fully saturated rings. The highest BCUT2D eigenvalue weighted by Crippen LogP contribution is 2.28. The molecule has 0 aliphatic carbocycles. The van der Waals surface area contributed by atoms with Crippen LogP contribution in [0.1, 0.15) is 5.69 Å². The molecular formula is C11H5ClFN3. The van der Waals surface area contributed by atoms with Crippen LogP contribution in [0.3, 0.4) is 0 Å². The van der Waals surface area contributed by atoms with E-state index in [1.54, 1.807) is 6.07 Å². The standard InChI is InChI=1S/C11H5ClFN3/c12-8-2-1-3-9(13)11(8)10-4-7(5-14)15-6-16-10/h1-4,6H. The lowest BCUT2D eigenvalue weighted by Crippen LogP contribution is -1.92. The first-order chi connectivity index (χ1) is 7.72. The fraction of sp³-hybridized carbons (Fsp3) is 0. The van der Waals surface area contributed by atoms with Crippen LogP contribution < -0.4 is 0 Å². The Morgan fingerprint density at radius 2 is 2.12 bits per heavy atom. The molecule has 0 amide bonds. The molecule has 2 aromatic rings. The molecule has 0 spiro atoms. The van der Waals surface area contributed by atoms with Crippen molar-refractivity contribution >= 4 is 11.6 Å². The van der Waals surface area contributed by atoms with Gasteiger partial charge in [-0.15, -0.1) is 0 Å². The Morgan fingerprint density at radius 3 is 2.81 bits per heavy atom. The largest absolute Gasteiger partial charge is 0.236 e. The van der Waals surface area contributed by atoms with Crippen LogP contribution >= 0.6 is 11.6 Å². The lowest BCUT2D eigenvalue weighted by molar-refractivity contribution is 0.630. The Kier molecular flexibility index (Phi) is 2.80. The van der Waals surface area contributed by atoms with Gasteiger partial charge in [-0.25, -0.2) is 14.4 Å². The van der Waals surface area contributed by atoms with Crippen molar-refractivity contribution in [2.45, 2.75) is 0 Å². The fourth-order valence-electron chi connectivity index (χ4n) is 1.30. The topological polar surface area (TPSA) is 49.6 Å². The summed E-state index contributed by atoms with van der Waals surface area (Å²) in [4.78, 5) is 7.60. The van der Waals surface area contributed by atoms with Crippen molar-refractivity contribution < 1.29 is 4.39 Å². The third-order valence-electron chi connectivity index (χ3n) is 2.00. The molecule has 0 saturated heterocycles. The van der Waals surface area contributed by atoms with E-state index in [1.807, 2.05) is 6.07 Å². The van der Waals surface area contributed by atoms with Crippen molar-refractivity contribution in [3.8, 4) is 17.3 Å². The van der Waals surface area contributed by atoms with Crippen molar-refractivity contribution in [2.24, 2.45) is 0 Å². The van der Waals surface area contributed by atoms with Gasteiger partial charge in [0.05, 0.1) is 16.3 Å². The highest BCUT2D eigenvalue weighted by atomic mass is 35.5. The third-order valence-corrected chi connectivity index (χ3v) is 2.32. The molecule has 1 heterocycles. The molecule has 0 aliphatic rings. The SMILES string of the molecule is N#Cc1cc(-c2c(F)cccc2Cl)ncn1.